The molecule has 0 unspecified atom stereocenters. The normalized spacial score (nSPS) is 10.6. The lowest BCUT2D eigenvalue weighted by atomic mass is 10.0. The molecule has 0 saturated carbocycles. The number of ether oxygens (including phenoxy) is 2. The number of hydrogen-bond acceptors (Lipinski definition) is 8. The molecule has 4 aromatic carbocycles. The second kappa shape index (κ2) is 11.6. The van der Waals surface area contributed by atoms with Gasteiger partial charge in [0.15, 0.2) is 0 Å². The highest BCUT2D eigenvalue weighted by Gasteiger charge is 2.21. The molecular formula is C27H23BrN4O5. The summed E-state index contributed by atoms with van der Waals surface area (Å²) in [5.74, 6) is 0.394. The van der Waals surface area contributed by atoms with Gasteiger partial charge < -0.3 is 20.9 Å². The number of anilines is 1. The standard InChI is InChI=1S/C27H23BrN4O5/c28-27-19(7-4-8-21(27)18-5-2-1-3-6-18)16-37-26-13-25(20(14-29)12-24(26)32(34)35)36-15-17-9-10-23(31-33)22(30)11-17/h1-13H,14-16,29-30H2. The van der Waals surface area contributed by atoms with Crippen molar-refractivity contribution in [2.24, 2.45) is 10.9 Å². The Balaban J connectivity index is 1.59. The summed E-state index contributed by atoms with van der Waals surface area (Å²) in [4.78, 5) is 22.0. The predicted octanol–water partition coefficient (Wildman–Crippen LogP) is 6.62. The zero-order valence-electron chi connectivity index (χ0n) is 19.6. The SMILES string of the molecule is NCc1cc([N+](=O)[O-])c(OCc2cccc(-c3ccccc3)c2Br)cc1OCc1ccc(N=O)c(N)c1. The van der Waals surface area contributed by atoms with Crippen LogP contribution in [0, 0.1) is 15.0 Å². The predicted molar refractivity (Wildman–Crippen MR) is 146 cm³/mol. The van der Waals surface area contributed by atoms with E-state index in [-0.39, 0.29) is 42.6 Å². The van der Waals surface area contributed by atoms with Gasteiger partial charge in [-0.3, -0.25) is 10.1 Å². The van der Waals surface area contributed by atoms with E-state index in [1.165, 1.54) is 18.2 Å². The average Bonchev–Trinajstić information content (AvgIpc) is 2.91. The molecule has 188 valence electrons. The number of benzene rings is 4. The number of nitrogens with zero attached hydrogens (tertiary/aromatic N) is 2. The summed E-state index contributed by atoms with van der Waals surface area (Å²) in [5, 5.41) is 14.6. The molecule has 0 amide bonds. The van der Waals surface area contributed by atoms with Crippen LogP contribution in [-0.2, 0) is 19.8 Å². The fourth-order valence-corrected chi connectivity index (χ4v) is 4.38. The van der Waals surface area contributed by atoms with Gasteiger partial charge >= 0.3 is 5.69 Å². The zero-order chi connectivity index (χ0) is 26.4. The van der Waals surface area contributed by atoms with Crippen LogP contribution < -0.4 is 20.9 Å². The summed E-state index contributed by atoms with van der Waals surface area (Å²) in [5.41, 5.74) is 15.8. The van der Waals surface area contributed by atoms with Crippen LogP contribution in [0.2, 0.25) is 0 Å². The number of hydrogen-bond donors (Lipinski definition) is 2. The minimum absolute atomic E-state index is 0.0251. The molecule has 0 aliphatic carbocycles. The quantitative estimate of drug-likeness (QED) is 0.0955. The molecular weight excluding hydrogens is 540 g/mol. The lowest BCUT2D eigenvalue weighted by molar-refractivity contribution is -0.386. The summed E-state index contributed by atoms with van der Waals surface area (Å²) in [6, 6.07) is 23.2. The number of nitro groups is 1. The Kier molecular flexibility index (Phi) is 8.11. The molecule has 0 aromatic heterocycles. The maximum atomic E-state index is 11.8. The Hall–Kier alpha value is -4.28. The molecule has 0 spiro atoms. The van der Waals surface area contributed by atoms with Crippen LogP contribution in [0.5, 0.6) is 11.5 Å². The summed E-state index contributed by atoms with van der Waals surface area (Å²) in [6.45, 7) is 0.204. The molecule has 0 heterocycles. The number of rotatable bonds is 10. The van der Waals surface area contributed by atoms with E-state index in [4.69, 9.17) is 20.9 Å². The van der Waals surface area contributed by atoms with Gasteiger partial charge in [0.1, 0.15) is 24.7 Å². The van der Waals surface area contributed by atoms with Crippen molar-refractivity contribution in [2.45, 2.75) is 19.8 Å². The van der Waals surface area contributed by atoms with Crippen molar-refractivity contribution < 1.29 is 14.4 Å². The molecule has 9 nitrogen and oxygen atoms in total. The van der Waals surface area contributed by atoms with Crippen LogP contribution in [0.25, 0.3) is 11.1 Å². The Morgan fingerprint density at radius 3 is 2.32 bits per heavy atom. The number of nitro benzene ring substituents is 1. The smallest absolute Gasteiger partial charge is 0.311 e. The fourth-order valence-electron chi connectivity index (χ4n) is 3.77. The van der Waals surface area contributed by atoms with Crippen LogP contribution in [0.3, 0.4) is 0 Å². The Morgan fingerprint density at radius 2 is 1.65 bits per heavy atom. The maximum Gasteiger partial charge on any atom is 0.311 e. The first-order valence-corrected chi connectivity index (χ1v) is 12.0. The molecule has 0 radical (unpaired) electrons. The molecule has 37 heavy (non-hydrogen) atoms. The van der Waals surface area contributed by atoms with Crippen molar-refractivity contribution in [2.75, 3.05) is 5.73 Å². The van der Waals surface area contributed by atoms with Crippen molar-refractivity contribution in [3.8, 4) is 22.6 Å². The first-order chi connectivity index (χ1) is 17.9. The molecule has 4 N–H and O–H groups in total. The number of nitrogen functional groups attached to an aromatic ring is 1. The third-order valence-corrected chi connectivity index (χ3v) is 6.63. The van der Waals surface area contributed by atoms with Crippen LogP contribution in [0.15, 0.2) is 88.5 Å². The Morgan fingerprint density at radius 1 is 0.892 bits per heavy atom. The Labute approximate surface area is 221 Å². The van der Waals surface area contributed by atoms with Gasteiger partial charge in [-0.15, -0.1) is 4.91 Å². The van der Waals surface area contributed by atoms with Gasteiger partial charge in [0, 0.05) is 34.3 Å². The minimum atomic E-state index is -0.514. The molecule has 0 aliphatic heterocycles. The zero-order valence-corrected chi connectivity index (χ0v) is 21.2. The van der Waals surface area contributed by atoms with E-state index in [2.05, 4.69) is 21.1 Å². The summed E-state index contributed by atoms with van der Waals surface area (Å²) in [7, 11) is 0. The van der Waals surface area contributed by atoms with Gasteiger partial charge in [-0.2, -0.15) is 0 Å². The Bertz CT molecular complexity index is 1450. The molecule has 0 fully saturated rings. The topological polar surface area (TPSA) is 143 Å². The van der Waals surface area contributed by atoms with Crippen LogP contribution >= 0.6 is 15.9 Å². The van der Waals surface area contributed by atoms with Crippen LogP contribution in [0.4, 0.5) is 17.1 Å². The lowest BCUT2D eigenvalue weighted by Crippen LogP contribution is -2.06. The highest BCUT2D eigenvalue weighted by Crippen LogP contribution is 2.37. The van der Waals surface area contributed by atoms with Crippen molar-refractivity contribution >= 4 is 33.0 Å². The van der Waals surface area contributed by atoms with Crippen molar-refractivity contribution in [3.63, 3.8) is 0 Å². The van der Waals surface area contributed by atoms with Gasteiger partial charge in [0.2, 0.25) is 5.75 Å². The minimum Gasteiger partial charge on any atom is -0.488 e. The second-order valence-electron chi connectivity index (χ2n) is 8.10. The number of nitrogens with two attached hydrogens (primary N) is 2. The van der Waals surface area contributed by atoms with Gasteiger partial charge in [0.05, 0.1) is 10.6 Å². The van der Waals surface area contributed by atoms with Gasteiger partial charge in [-0.25, -0.2) is 0 Å². The first kappa shape index (κ1) is 25.8. The monoisotopic (exact) mass is 562 g/mol. The van der Waals surface area contributed by atoms with E-state index >= 15 is 0 Å². The van der Waals surface area contributed by atoms with Gasteiger partial charge in [-0.1, -0.05) is 54.6 Å². The van der Waals surface area contributed by atoms with Crippen molar-refractivity contribution in [3.05, 3.63) is 115 Å². The summed E-state index contributed by atoms with van der Waals surface area (Å²) in [6.07, 6.45) is 0. The van der Waals surface area contributed by atoms with Crippen molar-refractivity contribution in [1.82, 2.24) is 0 Å². The van der Waals surface area contributed by atoms with E-state index in [1.807, 2.05) is 48.5 Å². The second-order valence-corrected chi connectivity index (χ2v) is 8.89. The highest BCUT2D eigenvalue weighted by molar-refractivity contribution is 9.10. The number of halogens is 1. The summed E-state index contributed by atoms with van der Waals surface area (Å²) >= 11 is 3.65. The van der Waals surface area contributed by atoms with E-state index in [9.17, 15) is 15.0 Å². The molecule has 0 atom stereocenters. The lowest BCUT2D eigenvalue weighted by Gasteiger charge is -2.15. The van der Waals surface area contributed by atoms with E-state index < -0.39 is 4.92 Å². The van der Waals surface area contributed by atoms with Crippen LogP contribution in [-0.4, -0.2) is 4.92 Å². The van der Waals surface area contributed by atoms with Crippen molar-refractivity contribution in [1.29, 1.82) is 0 Å². The number of nitroso groups, excluding NO2 is 1. The molecule has 0 aliphatic rings. The third kappa shape index (κ3) is 5.93. The summed E-state index contributed by atoms with van der Waals surface area (Å²) < 4.78 is 12.7. The van der Waals surface area contributed by atoms with E-state index in [0.717, 1.165) is 21.2 Å². The van der Waals surface area contributed by atoms with Gasteiger partial charge in [0.25, 0.3) is 0 Å². The van der Waals surface area contributed by atoms with Gasteiger partial charge in [-0.05, 0) is 49.9 Å². The van der Waals surface area contributed by atoms with Crippen LogP contribution in [0.1, 0.15) is 16.7 Å². The largest absolute Gasteiger partial charge is 0.488 e. The molecule has 10 heteroatoms. The molecule has 0 bridgehead atoms. The molecule has 4 aromatic rings. The first-order valence-electron chi connectivity index (χ1n) is 11.2. The highest BCUT2D eigenvalue weighted by atomic mass is 79.9. The fraction of sp³-hybridized carbons (Fsp3) is 0.111. The average molecular weight is 563 g/mol. The van der Waals surface area contributed by atoms with E-state index in [1.54, 1.807) is 12.1 Å². The molecule has 0 saturated heterocycles. The third-order valence-electron chi connectivity index (χ3n) is 5.69. The van der Waals surface area contributed by atoms with E-state index in [0.29, 0.717) is 16.9 Å². The molecule has 4 rings (SSSR count). The maximum absolute atomic E-state index is 11.8.